The fraction of sp³-hybridized carbons (Fsp3) is 0.263. The molecule has 4 nitrogen and oxygen atoms in total. The standard InChI is InChI=1S/C19H19ClN2O2/c1-12-5-3-8-17(13(12)2)21-19(24)14-9-18(23)22(11-14)16-7-4-6-15(20)10-16/h3-8,10,14H,9,11H2,1-2H3,(H,21,24). The summed E-state index contributed by atoms with van der Waals surface area (Å²) < 4.78 is 0. The third-order valence-electron chi connectivity index (χ3n) is 4.48. The average molecular weight is 343 g/mol. The van der Waals surface area contributed by atoms with E-state index in [-0.39, 0.29) is 24.2 Å². The highest BCUT2D eigenvalue weighted by atomic mass is 35.5. The number of anilines is 2. The Morgan fingerprint density at radius 1 is 1.21 bits per heavy atom. The van der Waals surface area contributed by atoms with E-state index in [0.717, 1.165) is 22.5 Å². The summed E-state index contributed by atoms with van der Waals surface area (Å²) in [4.78, 5) is 26.5. The zero-order chi connectivity index (χ0) is 17.3. The minimum absolute atomic E-state index is 0.0571. The number of nitrogens with one attached hydrogen (secondary N) is 1. The summed E-state index contributed by atoms with van der Waals surface area (Å²) >= 11 is 5.99. The van der Waals surface area contributed by atoms with E-state index >= 15 is 0 Å². The van der Waals surface area contributed by atoms with Crippen molar-refractivity contribution in [2.24, 2.45) is 5.92 Å². The van der Waals surface area contributed by atoms with Crippen LogP contribution < -0.4 is 10.2 Å². The molecule has 2 amide bonds. The molecule has 0 saturated carbocycles. The van der Waals surface area contributed by atoms with E-state index in [0.29, 0.717) is 11.6 Å². The number of carbonyl (C=O) groups excluding carboxylic acids is 2. The highest BCUT2D eigenvalue weighted by Crippen LogP contribution is 2.28. The highest BCUT2D eigenvalue weighted by Gasteiger charge is 2.35. The van der Waals surface area contributed by atoms with E-state index in [9.17, 15) is 9.59 Å². The van der Waals surface area contributed by atoms with Crippen LogP contribution in [0.25, 0.3) is 0 Å². The maximum absolute atomic E-state index is 12.6. The molecule has 2 aromatic rings. The Hall–Kier alpha value is -2.33. The molecule has 0 bridgehead atoms. The van der Waals surface area contributed by atoms with E-state index in [2.05, 4.69) is 5.32 Å². The van der Waals surface area contributed by atoms with Crippen LogP contribution in [0, 0.1) is 19.8 Å². The monoisotopic (exact) mass is 342 g/mol. The predicted molar refractivity (Wildman–Crippen MR) is 96.5 cm³/mol. The molecular weight excluding hydrogens is 324 g/mol. The van der Waals surface area contributed by atoms with Crippen molar-refractivity contribution in [2.45, 2.75) is 20.3 Å². The van der Waals surface area contributed by atoms with Crippen LogP contribution in [-0.2, 0) is 9.59 Å². The number of benzene rings is 2. The number of carbonyl (C=O) groups is 2. The quantitative estimate of drug-likeness (QED) is 0.918. The molecule has 3 rings (SSSR count). The molecule has 1 N–H and O–H groups in total. The molecule has 1 aliphatic heterocycles. The third kappa shape index (κ3) is 3.29. The van der Waals surface area contributed by atoms with Gasteiger partial charge in [-0.05, 0) is 49.2 Å². The van der Waals surface area contributed by atoms with Crippen LogP contribution in [0.3, 0.4) is 0 Å². The second-order valence-electron chi connectivity index (χ2n) is 6.12. The summed E-state index contributed by atoms with van der Waals surface area (Å²) in [6, 6.07) is 12.9. The number of halogens is 1. The second kappa shape index (κ2) is 6.65. The zero-order valence-electron chi connectivity index (χ0n) is 13.7. The molecule has 1 heterocycles. The number of amides is 2. The summed E-state index contributed by atoms with van der Waals surface area (Å²) in [5, 5.41) is 3.53. The largest absolute Gasteiger partial charge is 0.326 e. The molecule has 0 radical (unpaired) electrons. The van der Waals surface area contributed by atoms with Gasteiger partial charge in [0.25, 0.3) is 0 Å². The summed E-state index contributed by atoms with van der Waals surface area (Å²) in [5.41, 5.74) is 3.70. The first-order valence-corrected chi connectivity index (χ1v) is 8.26. The molecule has 0 aliphatic carbocycles. The fourth-order valence-electron chi connectivity index (χ4n) is 2.90. The van der Waals surface area contributed by atoms with Crippen molar-refractivity contribution in [3.05, 3.63) is 58.6 Å². The van der Waals surface area contributed by atoms with Gasteiger partial charge in [0.2, 0.25) is 11.8 Å². The van der Waals surface area contributed by atoms with Gasteiger partial charge in [0, 0.05) is 29.4 Å². The van der Waals surface area contributed by atoms with Gasteiger partial charge in [-0.2, -0.15) is 0 Å². The van der Waals surface area contributed by atoms with Crippen molar-refractivity contribution in [1.29, 1.82) is 0 Å². The summed E-state index contributed by atoms with van der Waals surface area (Å²) in [7, 11) is 0. The average Bonchev–Trinajstić information content (AvgIpc) is 2.94. The first kappa shape index (κ1) is 16.5. The van der Waals surface area contributed by atoms with Gasteiger partial charge in [-0.25, -0.2) is 0 Å². The van der Waals surface area contributed by atoms with Gasteiger partial charge in [-0.3, -0.25) is 9.59 Å². The normalized spacial score (nSPS) is 17.2. The SMILES string of the molecule is Cc1cccc(NC(=O)C2CC(=O)N(c3cccc(Cl)c3)C2)c1C. The summed E-state index contributed by atoms with van der Waals surface area (Å²) in [6.07, 6.45) is 0.212. The topological polar surface area (TPSA) is 49.4 Å². The molecule has 1 aliphatic rings. The maximum atomic E-state index is 12.6. The van der Waals surface area contributed by atoms with Gasteiger partial charge < -0.3 is 10.2 Å². The number of nitrogens with zero attached hydrogens (tertiary/aromatic N) is 1. The van der Waals surface area contributed by atoms with Crippen molar-refractivity contribution in [2.75, 3.05) is 16.8 Å². The van der Waals surface area contributed by atoms with Crippen LogP contribution in [0.1, 0.15) is 17.5 Å². The van der Waals surface area contributed by atoms with Crippen molar-refractivity contribution in [1.82, 2.24) is 0 Å². The lowest BCUT2D eigenvalue weighted by Gasteiger charge is -2.17. The van der Waals surface area contributed by atoms with Gasteiger partial charge in [-0.1, -0.05) is 29.8 Å². The zero-order valence-corrected chi connectivity index (χ0v) is 14.4. The molecule has 1 unspecified atom stereocenters. The van der Waals surface area contributed by atoms with Crippen LogP contribution in [0.5, 0.6) is 0 Å². The Labute approximate surface area is 146 Å². The predicted octanol–water partition coefficient (Wildman–Crippen LogP) is 3.95. The van der Waals surface area contributed by atoms with Crippen LogP contribution in [-0.4, -0.2) is 18.4 Å². The lowest BCUT2D eigenvalue weighted by atomic mass is 10.1. The van der Waals surface area contributed by atoms with E-state index < -0.39 is 0 Å². The van der Waals surface area contributed by atoms with Gasteiger partial charge >= 0.3 is 0 Å². The number of aryl methyl sites for hydroxylation is 1. The molecule has 1 saturated heterocycles. The minimum atomic E-state index is -0.364. The molecule has 1 fully saturated rings. The van der Waals surface area contributed by atoms with E-state index in [4.69, 9.17) is 11.6 Å². The molecule has 2 aromatic carbocycles. The Kier molecular flexibility index (Phi) is 4.58. The van der Waals surface area contributed by atoms with Gasteiger partial charge in [-0.15, -0.1) is 0 Å². The van der Waals surface area contributed by atoms with Gasteiger partial charge in [0.1, 0.15) is 0 Å². The Morgan fingerprint density at radius 2 is 1.96 bits per heavy atom. The molecule has 124 valence electrons. The first-order chi connectivity index (χ1) is 11.5. The lowest BCUT2D eigenvalue weighted by molar-refractivity contribution is -0.122. The summed E-state index contributed by atoms with van der Waals surface area (Å²) in [5.74, 6) is -0.545. The Bertz CT molecular complexity index is 804. The third-order valence-corrected chi connectivity index (χ3v) is 4.71. The number of rotatable bonds is 3. The molecular formula is C19H19ClN2O2. The van der Waals surface area contributed by atoms with E-state index in [1.54, 1.807) is 23.1 Å². The van der Waals surface area contributed by atoms with E-state index in [1.165, 1.54) is 0 Å². The molecule has 24 heavy (non-hydrogen) atoms. The number of hydrogen-bond acceptors (Lipinski definition) is 2. The molecule has 0 aromatic heterocycles. The highest BCUT2D eigenvalue weighted by molar-refractivity contribution is 6.31. The maximum Gasteiger partial charge on any atom is 0.229 e. The molecule has 1 atom stereocenters. The fourth-order valence-corrected chi connectivity index (χ4v) is 3.08. The molecule has 5 heteroatoms. The summed E-state index contributed by atoms with van der Waals surface area (Å²) in [6.45, 7) is 4.35. The van der Waals surface area contributed by atoms with Crippen molar-refractivity contribution < 1.29 is 9.59 Å². The van der Waals surface area contributed by atoms with Crippen molar-refractivity contribution in [3.63, 3.8) is 0 Å². The van der Waals surface area contributed by atoms with Crippen molar-refractivity contribution in [3.8, 4) is 0 Å². The Morgan fingerprint density at radius 3 is 2.71 bits per heavy atom. The van der Waals surface area contributed by atoms with E-state index in [1.807, 2.05) is 38.1 Å². The second-order valence-corrected chi connectivity index (χ2v) is 6.56. The van der Waals surface area contributed by atoms with Crippen LogP contribution >= 0.6 is 11.6 Å². The van der Waals surface area contributed by atoms with Crippen molar-refractivity contribution >= 4 is 34.8 Å². The Balaban J connectivity index is 1.73. The van der Waals surface area contributed by atoms with Crippen LogP contribution in [0.2, 0.25) is 5.02 Å². The van der Waals surface area contributed by atoms with Crippen LogP contribution in [0.4, 0.5) is 11.4 Å². The minimum Gasteiger partial charge on any atom is -0.326 e. The first-order valence-electron chi connectivity index (χ1n) is 7.88. The van der Waals surface area contributed by atoms with Gasteiger partial charge in [0.05, 0.1) is 5.92 Å². The number of hydrogen-bond donors (Lipinski definition) is 1. The lowest BCUT2D eigenvalue weighted by Crippen LogP contribution is -2.28. The smallest absolute Gasteiger partial charge is 0.229 e. The van der Waals surface area contributed by atoms with Gasteiger partial charge in [0.15, 0.2) is 0 Å². The van der Waals surface area contributed by atoms with Crippen LogP contribution in [0.15, 0.2) is 42.5 Å². The molecule has 0 spiro atoms.